The summed E-state index contributed by atoms with van der Waals surface area (Å²) in [5, 5.41) is 11.9. The molecule has 0 saturated carbocycles. The summed E-state index contributed by atoms with van der Waals surface area (Å²) in [5.74, 6) is -0.386. The molecule has 0 spiro atoms. The highest BCUT2D eigenvalue weighted by Gasteiger charge is 2.27. The van der Waals surface area contributed by atoms with Crippen molar-refractivity contribution in [3.05, 3.63) is 0 Å². The van der Waals surface area contributed by atoms with Crippen molar-refractivity contribution < 1.29 is 29.0 Å². The fourth-order valence-electron chi connectivity index (χ4n) is 1.91. The second-order valence-corrected chi connectivity index (χ2v) is 6.62. The minimum Gasteiger partial charge on any atom is -0.469 e. The van der Waals surface area contributed by atoms with Crippen molar-refractivity contribution in [1.29, 1.82) is 0 Å². The number of nitrogens with zero attached hydrogens (tertiary/aromatic N) is 1. The van der Waals surface area contributed by atoms with Crippen LogP contribution in [-0.2, 0) is 19.1 Å². The Labute approximate surface area is 143 Å². The average Bonchev–Trinajstić information content (AvgIpc) is 2.45. The summed E-state index contributed by atoms with van der Waals surface area (Å²) in [6.07, 6.45) is 0.263. The van der Waals surface area contributed by atoms with Crippen LogP contribution in [-0.4, -0.2) is 65.9 Å². The van der Waals surface area contributed by atoms with Gasteiger partial charge in [-0.15, -0.1) is 0 Å². The molecule has 1 saturated heterocycles. The first-order valence-corrected chi connectivity index (χ1v) is 7.97. The highest BCUT2D eigenvalue weighted by Crippen LogP contribution is 2.11. The number of rotatable bonds is 2. The van der Waals surface area contributed by atoms with Crippen LogP contribution in [0.15, 0.2) is 0 Å². The van der Waals surface area contributed by atoms with Gasteiger partial charge in [-0.2, -0.15) is 0 Å². The summed E-state index contributed by atoms with van der Waals surface area (Å²) in [5.41, 5.74) is -0.581. The molecule has 0 bridgehead atoms. The Hall–Kier alpha value is -1.83. The molecular weight excluding hydrogens is 316 g/mol. The van der Waals surface area contributed by atoms with Crippen molar-refractivity contribution in [2.75, 3.05) is 20.2 Å². The Kier molecular flexibility index (Phi) is 9.35. The summed E-state index contributed by atoms with van der Waals surface area (Å²) in [7, 11) is 1.35. The number of aliphatic hydroxyl groups excluding tert-OH is 1. The second kappa shape index (κ2) is 10.1. The number of likely N-dealkylation sites (tertiary alicyclic amines) is 1. The number of nitrogens with one attached hydrogen (secondary N) is 1. The first-order valence-electron chi connectivity index (χ1n) is 7.97. The summed E-state index contributed by atoms with van der Waals surface area (Å²) in [6.45, 7) is 9.36. The Bertz CT molecular complexity index is 425. The van der Waals surface area contributed by atoms with Gasteiger partial charge in [0, 0.05) is 20.0 Å². The monoisotopic (exact) mass is 346 g/mol. The molecule has 8 heteroatoms. The molecule has 1 aliphatic heterocycles. The molecule has 1 unspecified atom stereocenters. The molecule has 0 aliphatic carbocycles. The predicted molar refractivity (Wildman–Crippen MR) is 88.3 cm³/mol. The summed E-state index contributed by atoms with van der Waals surface area (Å²) < 4.78 is 9.21. The molecule has 1 atom stereocenters. The van der Waals surface area contributed by atoms with E-state index in [0.717, 1.165) is 0 Å². The molecule has 2 N–H and O–H groups in total. The molecule has 1 heterocycles. The van der Waals surface area contributed by atoms with Gasteiger partial charge in [-0.05, 0) is 40.5 Å². The minimum absolute atomic E-state index is 0.141. The smallest absolute Gasteiger partial charge is 0.408 e. The van der Waals surface area contributed by atoms with Gasteiger partial charge in [-0.1, -0.05) is 0 Å². The van der Waals surface area contributed by atoms with E-state index in [9.17, 15) is 19.5 Å². The average molecular weight is 346 g/mol. The minimum atomic E-state index is -0.620. The first kappa shape index (κ1) is 22.2. The molecule has 140 valence electrons. The standard InChI is InChI=1S/C13H24N2O4.C3H6O2/c1-9(14-12(18)19-13(2,3)4)11(17)15-7-5-10(16)6-8-15;1-3(4)5-2/h9-10,16H,5-8H2,1-4H3,(H,14,18);1-2H3. The Morgan fingerprint density at radius 1 is 1.21 bits per heavy atom. The summed E-state index contributed by atoms with van der Waals surface area (Å²) in [4.78, 5) is 34.9. The number of carbonyl (C=O) groups excluding carboxylic acids is 3. The third-order valence-corrected chi connectivity index (χ3v) is 3.17. The van der Waals surface area contributed by atoms with E-state index in [-0.39, 0.29) is 18.0 Å². The van der Waals surface area contributed by atoms with Crippen molar-refractivity contribution in [3.63, 3.8) is 0 Å². The van der Waals surface area contributed by atoms with Crippen molar-refractivity contribution in [1.82, 2.24) is 10.2 Å². The van der Waals surface area contributed by atoms with Crippen molar-refractivity contribution in [3.8, 4) is 0 Å². The van der Waals surface area contributed by atoms with Crippen LogP contribution in [0.25, 0.3) is 0 Å². The molecule has 2 amide bonds. The number of ether oxygens (including phenoxy) is 2. The number of methoxy groups -OCH3 is 1. The van der Waals surface area contributed by atoms with Gasteiger partial charge in [0.1, 0.15) is 11.6 Å². The van der Waals surface area contributed by atoms with E-state index < -0.39 is 17.7 Å². The van der Waals surface area contributed by atoms with Gasteiger partial charge >= 0.3 is 12.1 Å². The van der Waals surface area contributed by atoms with Gasteiger partial charge in [-0.25, -0.2) is 4.79 Å². The molecular formula is C16H30N2O6. The topological polar surface area (TPSA) is 105 Å². The lowest BCUT2D eigenvalue weighted by Gasteiger charge is -2.32. The van der Waals surface area contributed by atoms with E-state index in [1.165, 1.54) is 14.0 Å². The normalized spacial score (nSPS) is 16.4. The van der Waals surface area contributed by atoms with E-state index in [2.05, 4.69) is 10.1 Å². The van der Waals surface area contributed by atoms with Gasteiger partial charge < -0.3 is 24.8 Å². The van der Waals surface area contributed by atoms with Crippen LogP contribution in [0.2, 0.25) is 0 Å². The first-order chi connectivity index (χ1) is 11.0. The lowest BCUT2D eigenvalue weighted by molar-refractivity contribution is -0.138. The number of amides is 2. The van der Waals surface area contributed by atoms with E-state index in [1.54, 1.807) is 32.6 Å². The van der Waals surface area contributed by atoms with Crippen LogP contribution in [0, 0.1) is 0 Å². The molecule has 1 fully saturated rings. The fourth-order valence-corrected chi connectivity index (χ4v) is 1.91. The predicted octanol–water partition coefficient (Wildman–Crippen LogP) is 1.06. The lowest BCUT2D eigenvalue weighted by Crippen LogP contribution is -2.50. The third kappa shape index (κ3) is 10.0. The quantitative estimate of drug-likeness (QED) is 0.725. The Balaban J connectivity index is 0.000000922. The SMILES string of the molecule is CC(NC(=O)OC(C)(C)C)C(=O)N1CCC(O)CC1.COC(C)=O. The Morgan fingerprint density at radius 3 is 2.04 bits per heavy atom. The van der Waals surface area contributed by atoms with Gasteiger partial charge in [0.25, 0.3) is 0 Å². The van der Waals surface area contributed by atoms with Crippen molar-refractivity contribution in [2.45, 2.75) is 65.2 Å². The maximum absolute atomic E-state index is 12.1. The maximum Gasteiger partial charge on any atom is 0.408 e. The fraction of sp³-hybridized carbons (Fsp3) is 0.812. The number of piperidine rings is 1. The molecule has 0 aromatic heterocycles. The molecule has 1 rings (SSSR count). The lowest BCUT2D eigenvalue weighted by atomic mass is 10.1. The number of hydrogen-bond donors (Lipinski definition) is 2. The van der Waals surface area contributed by atoms with E-state index >= 15 is 0 Å². The molecule has 0 radical (unpaired) electrons. The molecule has 8 nitrogen and oxygen atoms in total. The zero-order valence-electron chi connectivity index (χ0n) is 15.4. The van der Waals surface area contributed by atoms with E-state index in [4.69, 9.17) is 4.74 Å². The number of hydrogen-bond acceptors (Lipinski definition) is 6. The van der Waals surface area contributed by atoms with E-state index in [0.29, 0.717) is 25.9 Å². The van der Waals surface area contributed by atoms with Crippen LogP contribution in [0.5, 0.6) is 0 Å². The van der Waals surface area contributed by atoms with Crippen LogP contribution in [0.3, 0.4) is 0 Å². The molecule has 0 aromatic rings. The zero-order valence-corrected chi connectivity index (χ0v) is 15.4. The van der Waals surface area contributed by atoms with Gasteiger partial charge in [0.05, 0.1) is 13.2 Å². The van der Waals surface area contributed by atoms with Crippen LogP contribution < -0.4 is 5.32 Å². The summed E-state index contributed by atoms with van der Waals surface area (Å²) in [6, 6.07) is -0.620. The second-order valence-electron chi connectivity index (χ2n) is 6.62. The number of alkyl carbamates (subject to hydrolysis) is 1. The van der Waals surface area contributed by atoms with Crippen molar-refractivity contribution >= 4 is 18.0 Å². The third-order valence-electron chi connectivity index (χ3n) is 3.17. The van der Waals surface area contributed by atoms with E-state index in [1.807, 2.05) is 0 Å². The highest BCUT2D eigenvalue weighted by atomic mass is 16.6. The zero-order chi connectivity index (χ0) is 18.9. The van der Waals surface area contributed by atoms with Gasteiger partial charge in [0.2, 0.25) is 5.91 Å². The van der Waals surface area contributed by atoms with Crippen LogP contribution in [0.1, 0.15) is 47.5 Å². The Morgan fingerprint density at radius 2 is 1.67 bits per heavy atom. The highest BCUT2D eigenvalue weighted by molar-refractivity contribution is 5.85. The number of carbonyl (C=O) groups is 3. The molecule has 24 heavy (non-hydrogen) atoms. The number of esters is 1. The molecule has 1 aliphatic rings. The number of aliphatic hydroxyl groups is 1. The molecule has 0 aromatic carbocycles. The largest absolute Gasteiger partial charge is 0.469 e. The van der Waals surface area contributed by atoms with Crippen molar-refractivity contribution in [2.24, 2.45) is 0 Å². The summed E-state index contributed by atoms with van der Waals surface area (Å²) >= 11 is 0. The van der Waals surface area contributed by atoms with Crippen LogP contribution >= 0.6 is 0 Å². The maximum atomic E-state index is 12.1. The van der Waals surface area contributed by atoms with Crippen LogP contribution in [0.4, 0.5) is 4.79 Å². The van der Waals surface area contributed by atoms with Gasteiger partial charge in [0.15, 0.2) is 0 Å². The van der Waals surface area contributed by atoms with Gasteiger partial charge in [-0.3, -0.25) is 9.59 Å².